The number of carbonyl (C=O) groups is 1. The molecule has 0 fully saturated rings. The molecule has 0 aliphatic carbocycles. The molecule has 2 aromatic rings. The number of halogens is 1. The molecule has 0 saturated heterocycles. The van der Waals surface area contributed by atoms with E-state index >= 15 is 0 Å². The van der Waals surface area contributed by atoms with Gasteiger partial charge in [-0.05, 0) is 24.6 Å². The summed E-state index contributed by atoms with van der Waals surface area (Å²) >= 11 is 1.52. The maximum atomic E-state index is 13.2. The lowest BCUT2D eigenvalue weighted by Crippen LogP contribution is -2.15. The summed E-state index contributed by atoms with van der Waals surface area (Å²) in [6.45, 7) is 2.15. The van der Waals surface area contributed by atoms with Crippen LogP contribution in [0.3, 0.4) is 0 Å². The Kier molecular flexibility index (Phi) is 5.08. The molecule has 0 amide bonds. The van der Waals surface area contributed by atoms with Gasteiger partial charge in [0.25, 0.3) is 0 Å². The molecule has 0 N–H and O–H groups in total. The van der Waals surface area contributed by atoms with E-state index in [9.17, 15) is 9.18 Å². The van der Waals surface area contributed by atoms with E-state index in [1.54, 1.807) is 6.07 Å². The third kappa shape index (κ3) is 3.56. The lowest BCUT2D eigenvalue weighted by Gasteiger charge is -2.14. The van der Waals surface area contributed by atoms with E-state index in [0.717, 1.165) is 36.0 Å². The molecule has 7 heteroatoms. The van der Waals surface area contributed by atoms with Crippen molar-refractivity contribution in [3.8, 4) is 0 Å². The van der Waals surface area contributed by atoms with Crippen LogP contribution < -0.4 is 0 Å². The van der Waals surface area contributed by atoms with Crippen molar-refractivity contribution in [2.75, 3.05) is 5.75 Å². The van der Waals surface area contributed by atoms with Gasteiger partial charge in [0.05, 0.1) is 12.1 Å². The van der Waals surface area contributed by atoms with Gasteiger partial charge in [-0.25, -0.2) is 4.39 Å². The average Bonchev–Trinajstić information content (AvgIpc) is 2.92. The highest BCUT2D eigenvalue weighted by Gasteiger charge is 2.21. The van der Waals surface area contributed by atoms with Crippen LogP contribution in [-0.2, 0) is 13.5 Å². The maximum Gasteiger partial charge on any atom is 0.191 e. The van der Waals surface area contributed by atoms with Crippen LogP contribution in [0.25, 0.3) is 0 Å². The van der Waals surface area contributed by atoms with E-state index in [1.165, 1.54) is 23.9 Å². The van der Waals surface area contributed by atoms with Gasteiger partial charge in [-0.3, -0.25) is 9.79 Å². The van der Waals surface area contributed by atoms with E-state index in [4.69, 9.17) is 0 Å². The summed E-state index contributed by atoms with van der Waals surface area (Å²) in [5.74, 6) is 1.05. The Morgan fingerprint density at radius 3 is 2.96 bits per heavy atom. The molecule has 0 atom stereocenters. The molecule has 0 radical (unpaired) electrons. The van der Waals surface area contributed by atoms with E-state index < -0.39 is 5.82 Å². The van der Waals surface area contributed by atoms with Gasteiger partial charge in [0.2, 0.25) is 0 Å². The summed E-state index contributed by atoms with van der Waals surface area (Å²) < 4.78 is 15.2. The Bertz CT molecular complexity index is 800. The minimum absolute atomic E-state index is 0.0864. The van der Waals surface area contributed by atoms with Gasteiger partial charge in [-0.2, -0.15) is 0 Å². The molecule has 1 aromatic carbocycles. The van der Waals surface area contributed by atoms with Gasteiger partial charge in [0.1, 0.15) is 11.6 Å². The molecule has 126 valence electrons. The molecule has 0 spiro atoms. The summed E-state index contributed by atoms with van der Waals surface area (Å²) in [7, 11) is 1.96. The van der Waals surface area contributed by atoms with Gasteiger partial charge < -0.3 is 4.57 Å². The fourth-order valence-corrected chi connectivity index (χ4v) is 3.43. The smallest absolute Gasteiger partial charge is 0.191 e. The van der Waals surface area contributed by atoms with E-state index in [-0.39, 0.29) is 12.2 Å². The van der Waals surface area contributed by atoms with Crippen molar-refractivity contribution in [1.29, 1.82) is 0 Å². The van der Waals surface area contributed by atoms with Crippen LogP contribution in [0.1, 0.15) is 42.4 Å². The third-order valence-electron chi connectivity index (χ3n) is 3.95. The molecule has 5 nitrogen and oxygen atoms in total. The third-order valence-corrected chi connectivity index (χ3v) is 5.04. The van der Waals surface area contributed by atoms with Crippen LogP contribution in [0.4, 0.5) is 10.1 Å². The number of aryl methyl sites for hydroxylation is 1. The number of nitrogens with zero attached hydrogens (tertiary/aromatic N) is 4. The predicted molar refractivity (Wildman–Crippen MR) is 92.8 cm³/mol. The number of rotatable bonds is 6. The zero-order chi connectivity index (χ0) is 17.1. The minimum atomic E-state index is -0.409. The topological polar surface area (TPSA) is 60.1 Å². The molecule has 2 heterocycles. The minimum Gasteiger partial charge on any atom is -0.309 e. The Morgan fingerprint density at radius 2 is 2.17 bits per heavy atom. The second-order valence-corrected chi connectivity index (χ2v) is 6.73. The average molecular weight is 346 g/mol. The van der Waals surface area contributed by atoms with Crippen LogP contribution in [0.5, 0.6) is 0 Å². The Hall–Kier alpha value is -2.02. The van der Waals surface area contributed by atoms with Crippen molar-refractivity contribution in [3.63, 3.8) is 0 Å². The summed E-state index contributed by atoms with van der Waals surface area (Å²) in [6.07, 6.45) is 3.35. The zero-order valence-corrected chi connectivity index (χ0v) is 14.6. The number of carbonyl (C=O) groups excluding carboxylic acids is 1. The molecule has 3 rings (SSSR count). The van der Waals surface area contributed by atoms with E-state index in [0.29, 0.717) is 17.0 Å². The Labute approximate surface area is 144 Å². The van der Waals surface area contributed by atoms with Gasteiger partial charge in [-0.15, -0.1) is 10.2 Å². The van der Waals surface area contributed by atoms with E-state index in [1.807, 2.05) is 11.6 Å². The first-order chi connectivity index (χ1) is 11.6. The fraction of sp³-hybridized carbons (Fsp3) is 0.412. The number of aromatic nitrogens is 3. The second kappa shape index (κ2) is 7.25. The number of fused-ring (bicyclic) bond motifs is 1. The molecule has 24 heavy (non-hydrogen) atoms. The number of benzene rings is 1. The van der Waals surface area contributed by atoms with Crippen molar-refractivity contribution in [3.05, 3.63) is 35.4 Å². The number of unbranched alkanes of at least 4 members (excludes halogenated alkanes) is 1. The van der Waals surface area contributed by atoms with Crippen LogP contribution >= 0.6 is 11.8 Å². The lowest BCUT2D eigenvalue weighted by atomic mass is 10.0. The molecule has 1 aromatic heterocycles. The van der Waals surface area contributed by atoms with E-state index in [2.05, 4.69) is 22.1 Å². The van der Waals surface area contributed by atoms with Crippen molar-refractivity contribution >= 4 is 28.9 Å². The standard InChI is InChI=1S/C17H19FN4OS/c1-3-4-5-16-20-21-17(22(16)2)24-10-12-9-15(23)13-8-11(18)6-7-14(13)19-12/h6-8H,3-5,9-10H2,1-2H3. The number of hydrogen-bond acceptors (Lipinski definition) is 5. The molecule has 0 saturated carbocycles. The maximum absolute atomic E-state index is 13.2. The van der Waals surface area contributed by atoms with Crippen LogP contribution in [0.2, 0.25) is 0 Å². The highest BCUT2D eigenvalue weighted by Crippen LogP contribution is 2.28. The number of Topliss-reactive ketones (excluding diaryl/α,β-unsaturated/α-hetero) is 1. The molecule has 1 aliphatic heterocycles. The Balaban J connectivity index is 1.70. The van der Waals surface area contributed by atoms with Gasteiger partial charge in [-0.1, -0.05) is 25.1 Å². The van der Waals surface area contributed by atoms with Crippen molar-refractivity contribution in [1.82, 2.24) is 14.8 Å². The molecular weight excluding hydrogens is 327 g/mol. The van der Waals surface area contributed by atoms with Gasteiger partial charge in [0.15, 0.2) is 10.9 Å². The first kappa shape index (κ1) is 16.8. The second-order valence-electron chi connectivity index (χ2n) is 5.79. The number of hydrogen-bond donors (Lipinski definition) is 0. The molecule has 1 aliphatic rings. The highest BCUT2D eigenvalue weighted by molar-refractivity contribution is 7.99. The van der Waals surface area contributed by atoms with Crippen molar-refractivity contribution in [2.24, 2.45) is 12.0 Å². The number of aliphatic imine (C=N–C) groups is 1. The predicted octanol–water partition coefficient (Wildman–Crippen LogP) is 3.75. The quantitative estimate of drug-likeness (QED) is 0.748. The summed E-state index contributed by atoms with van der Waals surface area (Å²) in [5.41, 5.74) is 1.69. The number of thioether (sulfide) groups is 1. The van der Waals surface area contributed by atoms with Crippen LogP contribution in [0, 0.1) is 5.82 Å². The monoisotopic (exact) mass is 346 g/mol. The SMILES string of the molecule is CCCCc1nnc(SCC2=Nc3ccc(F)cc3C(=O)C2)n1C. The van der Waals surface area contributed by atoms with Gasteiger partial charge >= 0.3 is 0 Å². The fourth-order valence-electron chi connectivity index (χ4n) is 2.57. The lowest BCUT2D eigenvalue weighted by molar-refractivity contribution is 0.0999. The highest BCUT2D eigenvalue weighted by atomic mass is 32.2. The summed E-state index contributed by atoms with van der Waals surface area (Å²) in [4.78, 5) is 16.6. The summed E-state index contributed by atoms with van der Waals surface area (Å²) in [5, 5.41) is 9.26. The number of ketones is 1. The van der Waals surface area contributed by atoms with Crippen molar-refractivity contribution < 1.29 is 9.18 Å². The molecule has 0 unspecified atom stereocenters. The molecule has 0 bridgehead atoms. The van der Waals surface area contributed by atoms with Crippen LogP contribution in [0.15, 0.2) is 28.3 Å². The first-order valence-corrected chi connectivity index (χ1v) is 8.97. The van der Waals surface area contributed by atoms with Crippen LogP contribution in [-0.4, -0.2) is 32.0 Å². The summed E-state index contributed by atoms with van der Waals surface area (Å²) in [6, 6.07) is 4.14. The van der Waals surface area contributed by atoms with Gasteiger partial charge in [0, 0.05) is 30.5 Å². The molecular formula is C17H19FN4OS. The first-order valence-electron chi connectivity index (χ1n) is 7.98. The van der Waals surface area contributed by atoms with Crippen molar-refractivity contribution in [2.45, 2.75) is 37.8 Å². The largest absolute Gasteiger partial charge is 0.309 e. The normalized spacial score (nSPS) is 13.8. The zero-order valence-electron chi connectivity index (χ0n) is 13.8. The Morgan fingerprint density at radius 1 is 1.33 bits per heavy atom.